The molecular formula is C23H23FN6. The third-order valence-electron chi connectivity index (χ3n) is 5.50. The molecule has 5 rings (SSSR count). The summed E-state index contributed by atoms with van der Waals surface area (Å²) in [7, 11) is 2.16. The van der Waals surface area contributed by atoms with E-state index >= 15 is 0 Å². The summed E-state index contributed by atoms with van der Waals surface area (Å²) >= 11 is 0. The Kier molecular flexibility index (Phi) is 4.80. The van der Waals surface area contributed by atoms with Crippen LogP contribution in [0.25, 0.3) is 16.9 Å². The zero-order chi connectivity index (χ0) is 20.5. The van der Waals surface area contributed by atoms with Gasteiger partial charge in [-0.25, -0.2) is 8.91 Å². The molecule has 2 aromatic heterocycles. The number of piperazine rings is 1. The van der Waals surface area contributed by atoms with Gasteiger partial charge in [-0.3, -0.25) is 0 Å². The molecule has 3 heterocycles. The monoisotopic (exact) mass is 402 g/mol. The lowest BCUT2D eigenvalue weighted by Crippen LogP contribution is -2.44. The minimum Gasteiger partial charge on any atom is -0.369 e. The van der Waals surface area contributed by atoms with Gasteiger partial charge in [-0.15, -0.1) is 5.10 Å². The zero-order valence-corrected chi connectivity index (χ0v) is 16.8. The molecule has 152 valence electrons. The lowest BCUT2D eigenvalue weighted by Gasteiger charge is -2.34. The lowest BCUT2D eigenvalue weighted by molar-refractivity contribution is 0.313. The summed E-state index contributed by atoms with van der Waals surface area (Å²) in [5.41, 5.74) is 3.95. The Labute approximate surface area is 174 Å². The Morgan fingerprint density at radius 1 is 0.867 bits per heavy atom. The Hall–Kier alpha value is -3.45. The van der Waals surface area contributed by atoms with Gasteiger partial charge in [-0.2, -0.15) is 4.98 Å². The van der Waals surface area contributed by atoms with Crippen molar-refractivity contribution >= 4 is 23.0 Å². The number of rotatable bonds is 4. The Morgan fingerprint density at radius 2 is 1.63 bits per heavy atom. The highest BCUT2D eigenvalue weighted by Gasteiger charge is 2.15. The fraction of sp³-hybridized carbons (Fsp3) is 0.217. The maximum absolute atomic E-state index is 14.3. The summed E-state index contributed by atoms with van der Waals surface area (Å²) in [5.74, 6) is 0.195. The molecule has 0 spiro atoms. The van der Waals surface area contributed by atoms with Crippen LogP contribution in [0.4, 0.5) is 21.7 Å². The number of likely N-dealkylation sites (N-methyl/N-ethyl adjacent to an activating group) is 1. The minimum atomic E-state index is -0.283. The predicted molar refractivity (Wildman–Crippen MR) is 118 cm³/mol. The van der Waals surface area contributed by atoms with Crippen LogP contribution < -0.4 is 10.2 Å². The predicted octanol–water partition coefficient (Wildman–Crippen LogP) is 4.03. The van der Waals surface area contributed by atoms with E-state index in [-0.39, 0.29) is 5.82 Å². The number of benzene rings is 2. The van der Waals surface area contributed by atoms with Gasteiger partial charge in [-0.1, -0.05) is 18.2 Å². The summed E-state index contributed by atoms with van der Waals surface area (Å²) in [5, 5.41) is 7.82. The first-order valence-corrected chi connectivity index (χ1v) is 10.1. The van der Waals surface area contributed by atoms with E-state index in [0.717, 1.165) is 31.9 Å². The van der Waals surface area contributed by atoms with Crippen molar-refractivity contribution in [1.82, 2.24) is 19.5 Å². The van der Waals surface area contributed by atoms with E-state index in [4.69, 9.17) is 0 Å². The van der Waals surface area contributed by atoms with Crippen LogP contribution >= 0.6 is 0 Å². The molecule has 7 heteroatoms. The average Bonchev–Trinajstić information content (AvgIpc) is 3.18. The molecule has 30 heavy (non-hydrogen) atoms. The minimum absolute atomic E-state index is 0.283. The highest BCUT2D eigenvalue weighted by molar-refractivity contribution is 5.66. The van der Waals surface area contributed by atoms with Crippen molar-refractivity contribution in [2.24, 2.45) is 0 Å². The molecule has 0 amide bonds. The maximum Gasteiger partial charge on any atom is 0.247 e. The summed E-state index contributed by atoms with van der Waals surface area (Å²) < 4.78 is 16.0. The SMILES string of the molecule is CN1CCN(c2ccc(Nc3nc4cccc(-c5ccccc5F)n4n3)cc2)CC1. The topological polar surface area (TPSA) is 48.7 Å². The van der Waals surface area contributed by atoms with Crippen molar-refractivity contribution in [3.05, 3.63) is 72.5 Å². The standard InChI is InChI=1S/C23H23FN6/c1-28-13-15-29(16-14-28)18-11-9-17(10-12-18)25-23-26-22-8-4-7-21(30(22)27-23)19-5-2-3-6-20(19)24/h2-12H,13-16H2,1H3,(H,25,27). The van der Waals surface area contributed by atoms with Crippen LogP contribution in [0.5, 0.6) is 0 Å². The molecule has 0 radical (unpaired) electrons. The van der Waals surface area contributed by atoms with Crippen molar-refractivity contribution in [2.45, 2.75) is 0 Å². The third kappa shape index (κ3) is 3.59. The van der Waals surface area contributed by atoms with Crippen molar-refractivity contribution in [3.8, 4) is 11.3 Å². The van der Waals surface area contributed by atoms with Gasteiger partial charge in [0.15, 0.2) is 5.65 Å². The van der Waals surface area contributed by atoms with Crippen LogP contribution in [0.2, 0.25) is 0 Å². The number of nitrogens with zero attached hydrogens (tertiary/aromatic N) is 5. The van der Waals surface area contributed by atoms with E-state index in [0.29, 0.717) is 22.9 Å². The molecule has 0 aliphatic carbocycles. The smallest absolute Gasteiger partial charge is 0.247 e. The molecule has 1 aliphatic rings. The molecule has 1 fully saturated rings. The first-order chi connectivity index (χ1) is 14.7. The number of fused-ring (bicyclic) bond motifs is 1. The van der Waals surface area contributed by atoms with Crippen molar-refractivity contribution < 1.29 is 4.39 Å². The zero-order valence-electron chi connectivity index (χ0n) is 16.8. The van der Waals surface area contributed by atoms with Crippen molar-refractivity contribution in [1.29, 1.82) is 0 Å². The molecule has 1 N–H and O–H groups in total. The molecule has 6 nitrogen and oxygen atoms in total. The van der Waals surface area contributed by atoms with E-state index in [1.54, 1.807) is 16.6 Å². The molecule has 2 aromatic carbocycles. The van der Waals surface area contributed by atoms with Crippen molar-refractivity contribution in [2.75, 3.05) is 43.4 Å². The number of hydrogen-bond donors (Lipinski definition) is 1. The Bertz CT molecular complexity index is 1160. The molecule has 0 bridgehead atoms. The van der Waals surface area contributed by atoms with E-state index in [1.165, 1.54) is 11.8 Å². The van der Waals surface area contributed by atoms with Crippen LogP contribution in [0.1, 0.15) is 0 Å². The van der Waals surface area contributed by atoms with Crippen LogP contribution in [-0.2, 0) is 0 Å². The Morgan fingerprint density at radius 3 is 2.40 bits per heavy atom. The highest BCUT2D eigenvalue weighted by Crippen LogP contribution is 2.25. The van der Waals surface area contributed by atoms with Crippen molar-refractivity contribution in [3.63, 3.8) is 0 Å². The highest BCUT2D eigenvalue weighted by atomic mass is 19.1. The summed E-state index contributed by atoms with van der Waals surface area (Å²) in [6.45, 7) is 4.23. The van der Waals surface area contributed by atoms with E-state index in [1.807, 2.05) is 36.4 Å². The van der Waals surface area contributed by atoms with E-state index in [2.05, 4.69) is 44.4 Å². The van der Waals surface area contributed by atoms with Crippen LogP contribution in [0.3, 0.4) is 0 Å². The number of pyridine rings is 1. The Balaban J connectivity index is 1.38. The number of anilines is 3. The van der Waals surface area contributed by atoms with Gasteiger partial charge in [-0.05, 0) is 55.6 Å². The first kappa shape index (κ1) is 18.6. The number of hydrogen-bond acceptors (Lipinski definition) is 5. The number of halogens is 1. The summed E-state index contributed by atoms with van der Waals surface area (Å²) in [6.07, 6.45) is 0. The first-order valence-electron chi connectivity index (χ1n) is 10.1. The van der Waals surface area contributed by atoms with Gasteiger partial charge < -0.3 is 15.1 Å². The van der Waals surface area contributed by atoms with Crippen LogP contribution in [-0.4, -0.2) is 52.7 Å². The second kappa shape index (κ2) is 7.76. The average molecular weight is 402 g/mol. The van der Waals surface area contributed by atoms with Gasteiger partial charge in [0.25, 0.3) is 0 Å². The quantitative estimate of drug-likeness (QED) is 0.559. The molecule has 0 saturated carbocycles. The second-order valence-electron chi connectivity index (χ2n) is 7.56. The van der Waals surface area contributed by atoms with Crippen LogP contribution in [0.15, 0.2) is 66.7 Å². The molecule has 0 atom stereocenters. The second-order valence-corrected chi connectivity index (χ2v) is 7.56. The normalized spacial score (nSPS) is 14.9. The third-order valence-corrected chi connectivity index (χ3v) is 5.50. The maximum atomic E-state index is 14.3. The fourth-order valence-electron chi connectivity index (χ4n) is 3.78. The molecular weight excluding hydrogens is 379 g/mol. The summed E-state index contributed by atoms with van der Waals surface area (Å²) in [4.78, 5) is 9.29. The molecule has 1 aliphatic heterocycles. The molecule has 0 unspecified atom stereocenters. The number of aromatic nitrogens is 3. The summed E-state index contributed by atoms with van der Waals surface area (Å²) in [6, 6.07) is 20.6. The van der Waals surface area contributed by atoms with Crippen LogP contribution in [0, 0.1) is 5.82 Å². The molecule has 4 aromatic rings. The van der Waals surface area contributed by atoms with E-state index in [9.17, 15) is 4.39 Å². The number of nitrogens with one attached hydrogen (secondary N) is 1. The molecule has 1 saturated heterocycles. The van der Waals surface area contributed by atoms with Gasteiger partial charge in [0.2, 0.25) is 5.95 Å². The van der Waals surface area contributed by atoms with Gasteiger partial charge in [0, 0.05) is 43.1 Å². The fourth-order valence-corrected chi connectivity index (χ4v) is 3.78. The lowest BCUT2D eigenvalue weighted by atomic mass is 10.1. The van der Waals surface area contributed by atoms with Gasteiger partial charge in [0.05, 0.1) is 5.69 Å². The van der Waals surface area contributed by atoms with E-state index < -0.39 is 0 Å². The largest absolute Gasteiger partial charge is 0.369 e. The van der Waals surface area contributed by atoms with Gasteiger partial charge >= 0.3 is 0 Å². The van der Waals surface area contributed by atoms with Gasteiger partial charge in [0.1, 0.15) is 5.82 Å².